The second-order valence-corrected chi connectivity index (χ2v) is 8.83. The van der Waals surface area contributed by atoms with E-state index < -0.39 is 36.0 Å². The number of nitrogens with one attached hydrogen (secondary N) is 1. The van der Waals surface area contributed by atoms with Crippen LogP contribution in [0.3, 0.4) is 0 Å². The second kappa shape index (κ2) is 9.76. The standard InChI is InChI=1S/C25H19F6N5O3/c26-24(27,28)20-7-3-15-9-19(23(38)33-16-4-8-21(32-10-16)35-12-17(37)13-35)36(22(15)34-20)11-14-1-5-18(6-2-14)39-25(29,30)31/h1-10,17,37H,11-13H2,(H,33,38). The van der Waals surface area contributed by atoms with Crippen molar-refractivity contribution in [3.8, 4) is 5.75 Å². The number of carbonyl (C=O) groups excluding carboxylic acids is 1. The first kappa shape index (κ1) is 26.3. The summed E-state index contributed by atoms with van der Waals surface area (Å²) in [5, 5.41) is 12.4. The maximum Gasteiger partial charge on any atom is 0.573 e. The van der Waals surface area contributed by atoms with Gasteiger partial charge in [-0.15, -0.1) is 13.2 Å². The normalized spacial score (nSPS) is 14.4. The fourth-order valence-corrected chi connectivity index (χ4v) is 4.10. The minimum atomic E-state index is -4.88. The van der Waals surface area contributed by atoms with Gasteiger partial charge in [0.1, 0.15) is 28.6 Å². The highest BCUT2D eigenvalue weighted by atomic mass is 19.4. The first-order chi connectivity index (χ1) is 18.4. The molecule has 4 aromatic rings. The molecule has 8 nitrogen and oxygen atoms in total. The minimum Gasteiger partial charge on any atom is -0.406 e. The number of β-amino-alcohol motifs (C(OH)–C–C–N with tert-alkyl or cyclic N) is 1. The van der Waals surface area contributed by atoms with Crippen LogP contribution in [0.5, 0.6) is 5.75 Å². The largest absolute Gasteiger partial charge is 0.573 e. The van der Waals surface area contributed by atoms with Crippen molar-refractivity contribution >= 4 is 28.4 Å². The van der Waals surface area contributed by atoms with Crippen LogP contribution in [0.4, 0.5) is 37.8 Å². The van der Waals surface area contributed by atoms with Crippen molar-refractivity contribution in [1.29, 1.82) is 0 Å². The van der Waals surface area contributed by atoms with Crippen LogP contribution in [0.2, 0.25) is 0 Å². The topological polar surface area (TPSA) is 92.5 Å². The summed E-state index contributed by atoms with van der Waals surface area (Å²) in [5.41, 5.74) is -0.610. The van der Waals surface area contributed by atoms with Crippen LogP contribution in [-0.2, 0) is 12.7 Å². The number of alkyl halides is 6. The number of hydrogen-bond acceptors (Lipinski definition) is 6. The van der Waals surface area contributed by atoms with Crippen LogP contribution < -0.4 is 15.0 Å². The summed E-state index contributed by atoms with van der Waals surface area (Å²) in [4.78, 5) is 23.0. The molecule has 39 heavy (non-hydrogen) atoms. The lowest BCUT2D eigenvalue weighted by molar-refractivity contribution is -0.274. The predicted molar refractivity (Wildman–Crippen MR) is 127 cm³/mol. The third-order valence-corrected chi connectivity index (χ3v) is 5.96. The first-order valence-corrected chi connectivity index (χ1v) is 11.5. The van der Waals surface area contributed by atoms with Gasteiger partial charge in [-0.2, -0.15) is 13.2 Å². The number of ether oxygens (including phenoxy) is 1. The third-order valence-electron chi connectivity index (χ3n) is 5.96. The van der Waals surface area contributed by atoms with E-state index in [0.717, 1.165) is 18.2 Å². The van der Waals surface area contributed by atoms with E-state index in [-0.39, 0.29) is 23.3 Å². The Morgan fingerprint density at radius 2 is 1.74 bits per heavy atom. The van der Waals surface area contributed by atoms with E-state index in [1.54, 1.807) is 12.1 Å². The second-order valence-electron chi connectivity index (χ2n) is 8.83. The van der Waals surface area contributed by atoms with E-state index in [2.05, 4.69) is 20.0 Å². The Kier molecular flexibility index (Phi) is 6.58. The maximum atomic E-state index is 13.4. The summed E-state index contributed by atoms with van der Waals surface area (Å²) in [6.45, 7) is 0.714. The summed E-state index contributed by atoms with van der Waals surface area (Å²) >= 11 is 0. The number of anilines is 2. The van der Waals surface area contributed by atoms with Crippen LogP contribution in [0, 0.1) is 0 Å². The molecule has 1 aliphatic heterocycles. The zero-order chi connectivity index (χ0) is 27.9. The molecule has 0 unspecified atom stereocenters. The maximum absolute atomic E-state index is 13.4. The van der Waals surface area contributed by atoms with Gasteiger partial charge in [0, 0.05) is 25.0 Å². The van der Waals surface area contributed by atoms with E-state index in [4.69, 9.17) is 0 Å². The molecule has 4 heterocycles. The molecule has 2 N–H and O–H groups in total. The van der Waals surface area contributed by atoms with Gasteiger partial charge in [-0.1, -0.05) is 12.1 Å². The number of amides is 1. The van der Waals surface area contributed by atoms with E-state index in [9.17, 15) is 36.2 Å². The highest BCUT2D eigenvalue weighted by Crippen LogP contribution is 2.31. The Morgan fingerprint density at radius 1 is 1.03 bits per heavy atom. The number of rotatable bonds is 6. The molecule has 1 aromatic carbocycles. The van der Waals surface area contributed by atoms with Crippen LogP contribution in [-0.4, -0.2) is 51.1 Å². The van der Waals surface area contributed by atoms with Crippen LogP contribution in [0.15, 0.2) is 60.8 Å². The Labute approximate surface area is 216 Å². The highest BCUT2D eigenvalue weighted by molar-refractivity contribution is 6.06. The molecule has 3 aromatic heterocycles. The third kappa shape index (κ3) is 5.90. The van der Waals surface area contributed by atoms with Gasteiger partial charge in [0.25, 0.3) is 5.91 Å². The number of pyridine rings is 2. The number of aromatic nitrogens is 3. The SMILES string of the molecule is O=C(Nc1ccc(N2CC(O)C2)nc1)c1cc2ccc(C(F)(F)F)nc2n1Cc1ccc(OC(F)(F)F)cc1. The average molecular weight is 551 g/mol. The average Bonchev–Trinajstić information content (AvgIpc) is 3.20. The van der Waals surface area contributed by atoms with Crippen molar-refractivity contribution in [2.45, 2.75) is 25.2 Å². The molecule has 1 amide bonds. The van der Waals surface area contributed by atoms with Crippen molar-refractivity contribution in [2.75, 3.05) is 23.3 Å². The van der Waals surface area contributed by atoms with Crippen molar-refractivity contribution in [3.05, 3.63) is 77.7 Å². The van der Waals surface area contributed by atoms with Crippen LogP contribution >= 0.6 is 0 Å². The monoisotopic (exact) mass is 551 g/mol. The van der Waals surface area contributed by atoms with Gasteiger partial charge in [0.15, 0.2) is 0 Å². The van der Waals surface area contributed by atoms with Gasteiger partial charge in [0.05, 0.1) is 18.0 Å². The molecule has 0 aliphatic carbocycles. The number of carbonyl (C=O) groups is 1. The zero-order valence-electron chi connectivity index (χ0n) is 19.8. The van der Waals surface area contributed by atoms with Gasteiger partial charge >= 0.3 is 12.5 Å². The van der Waals surface area contributed by atoms with E-state index in [1.165, 1.54) is 35.0 Å². The van der Waals surface area contributed by atoms with Gasteiger partial charge in [-0.3, -0.25) is 4.79 Å². The fourth-order valence-electron chi connectivity index (χ4n) is 4.10. The number of aliphatic hydroxyl groups is 1. The van der Waals surface area contributed by atoms with Crippen molar-refractivity contribution in [2.24, 2.45) is 0 Å². The molecule has 1 fully saturated rings. The van der Waals surface area contributed by atoms with E-state index in [1.807, 2.05) is 4.90 Å². The highest BCUT2D eigenvalue weighted by Gasteiger charge is 2.33. The van der Waals surface area contributed by atoms with Gasteiger partial charge in [-0.05, 0) is 48.0 Å². The van der Waals surface area contributed by atoms with E-state index >= 15 is 0 Å². The molecule has 0 spiro atoms. The van der Waals surface area contributed by atoms with Crippen LogP contribution in [0.1, 0.15) is 21.7 Å². The summed E-state index contributed by atoms with van der Waals surface area (Å²) in [7, 11) is 0. The molecule has 0 radical (unpaired) electrons. The van der Waals surface area contributed by atoms with Gasteiger partial charge in [-0.25, -0.2) is 9.97 Å². The van der Waals surface area contributed by atoms with Gasteiger partial charge in [0.2, 0.25) is 0 Å². The quantitative estimate of drug-likeness (QED) is 0.334. The lowest BCUT2D eigenvalue weighted by atomic mass is 10.2. The summed E-state index contributed by atoms with van der Waals surface area (Å²) in [6.07, 6.45) is -8.63. The van der Waals surface area contributed by atoms with Crippen molar-refractivity contribution in [3.63, 3.8) is 0 Å². The number of fused-ring (bicyclic) bond motifs is 1. The molecule has 5 rings (SSSR count). The molecule has 14 heteroatoms. The molecular formula is C25H19F6N5O3. The Hall–Kier alpha value is -4.33. The molecule has 0 saturated carbocycles. The minimum absolute atomic E-state index is 0.0256. The number of nitrogens with zero attached hydrogens (tertiary/aromatic N) is 4. The van der Waals surface area contributed by atoms with E-state index in [0.29, 0.717) is 30.2 Å². The number of aliphatic hydroxyl groups excluding tert-OH is 1. The lowest BCUT2D eigenvalue weighted by Crippen LogP contribution is -2.51. The Morgan fingerprint density at radius 3 is 2.33 bits per heavy atom. The molecule has 204 valence electrons. The van der Waals surface area contributed by atoms with Crippen molar-refractivity contribution < 1.29 is 41.0 Å². The molecule has 1 aliphatic rings. The van der Waals surface area contributed by atoms with Gasteiger partial charge < -0.3 is 24.6 Å². The van der Waals surface area contributed by atoms with Crippen molar-refractivity contribution in [1.82, 2.24) is 14.5 Å². The number of benzene rings is 1. The summed E-state index contributed by atoms with van der Waals surface area (Å²) in [5.74, 6) is -0.524. The molecular weight excluding hydrogens is 532 g/mol. The zero-order valence-corrected chi connectivity index (χ0v) is 19.8. The molecule has 1 saturated heterocycles. The van der Waals surface area contributed by atoms with Crippen LogP contribution in [0.25, 0.3) is 11.0 Å². The number of halogens is 6. The lowest BCUT2D eigenvalue weighted by Gasteiger charge is -2.36. The summed E-state index contributed by atoms with van der Waals surface area (Å²) in [6, 6.07) is 11.3. The Bertz CT molecular complexity index is 1490. The summed E-state index contributed by atoms with van der Waals surface area (Å²) < 4.78 is 82.7. The predicted octanol–water partition coefficient (Wildman–Crippen LogP) is 4.83. The number of hydrogen-bond donors (Lipinski definition) is 2. The fraction of sp³-hybridized carbons (Fsp3) is 0.240. The Balaban J connectivity index is 1.45. The smallest absolute Gasteiger partial charge is 0.406 e. The molecule has 0 bridgehead atoms. The molecule has 0 atom stereocenters. The first-order valence-electron chi connectivity index (χ1n) is 11.5.